The number of piperazine rings is 1. The molecule has 1 saturated heterocycles. The molecule has 3 rings (SSSR count). The molecule has 2 aromatic heterocycles. The zero-order valence-corrected chi connectivity index (χ0v) is 12.9. The fraction of sp³-hybridized carbons (Fsp3) is 0.625. The van der Waals surface area contributed by atoms with Gasteiger partial charge in [0.2, 0.25) is 5.95 Å². The van der Waals surface area contributed by atoms with E-state index in [2.05, 4.69) is 31.7 Å². The lowest BCUT2D eigenvalue weighted by atomic mass is 10.2. The van der Waals surface area contributed by atoms with Gasteiger partial charge in [0.15, 0.2) is 0 Å². The number of nitrogens with one attached hydrogen (secondary N) is 1. The van der Waals surface area contributed by atoms with Crippen LogP contribution in [0.5, 0.6) is 0 Å². The van der Waals surface area contributed by atoms with Gasteiger partial charge in [-0.15, -0.1) is 0 Å². The number of fused-ring (bicyclic) bond motifs is 1. The molecular weight excluding hydrogens is 262 g/mol. The number of nitrogens with zero attached hydrogens (tertiary/aromatic N) is 4. The number of hydrogen-bond donors (Lipinski definition) is 1. The van der Waals surface area contributed by atoms with Crippen molar-refractivity contribution in [2.45, 2.75) is 32.6 Å². The van der Waals surface area contributed by atoms with Crippen molar-refractivity contribution >= 4 is 17.0 Å². The summed E-state index contributed by atoms with van der Waals surface area (Å²) < 4.78 is 0. The first kappa shape index (κ1) is 14.3. The van der Waals surface area contributed by atoms with E-state index in [-0.39, 0.29) is 0 Å². The van der Waals surface area contributed by atoms with Crippen molar-refractivity contribution in [1.29, 1.82) is 0 Å². The van der Waals surface area contributed by atoms with E-state index in [0.29, 0.717) is 0 Å². The molecule has 0 atom stereocenters. The van der Waals surface area contributed by atoms with Crippen molar-refractivity contribution in [3.8, 4) is 0 Å². The van der Waals surface area contributed by atoms with Crippen molar-refractivity contribution in [3.63, 3.8) is 0 Å². The third-order valence-corrected chi connectivity index (χ3v) is 4.27. The van der Waals surface area contributed by atoms with Crippen LogP contribution in [0.25, 0.3) is 11.0 Å². The molecular formula is C16H25N5. The Bertz CT molecular complexity index is 557. The molecule has 0 unspecified atom stereocenters. The number of anilines is 1. The van der Waals surface area contributed by atoms with Gasteiger partial charge in [-0.2, -0.15) is 4.98 Å². The maximum Gasteiger partial charge on any atom is 0.227 e. The molecule has 21 heavy (non-hydrogen) atoms. The molecule has 0 spiro atoms. The minimum Gasteiger partial charge on any atom is -0.346 e. The summed E-state index contributed by atoms with van der Waals surface area (Å²) in [6.07, 6.45) is 9.20. The average molecular weight is 287 g/mol. The van der Waals surface area contributed by atoms with Crippen LogP contribution in [0, 0.1) is 0 Å². The van der Waals surface area contributed by atoms with Crippen LogP contribution >= 0.6 is 0 Å². The SMILES string of the molecule is CCCCCCN1CCN(c2ncc3cc[nH]c3n2)CC1. The summed E-state index contributed by atoms with van der Waals surface area (Å²) in [6.45, 7) is 7.81. The van der Waals surface area contributed by atoms with Gasteiger partial charge in [0.25, 0.3) is 0 Å². The minimum atomic E-state index is 0.857. The number of rotatable bonds is 6. The molecule has 1 aliphatic heterocycles. The van der Waals surface area contributed by atoms with E-state index >= 15 is 0 Å². The third kappa shape index (κ3) is 3.53. The number of hydrogen-bond acceptors (Lipinski definition) is 4. The smallest absolute Gasteiger partial charge is 0.227 e. The molecule has 0 radical (unpaired) electrons. The molecule has 5 heteroatoms. The zero-order valence-electron chi connectivity index (χ0n) is 12.9. The highest BCUT2D eigenvalue weighted by molar-refractivity contribution is 5.75. The molecule has 0 aliphatic carbocycles. The Morgan fingerprint density at radius 3 is 2.81 bits per heavy atom. The Morgan fingerprint density at radius 2 is 2.00 bits per heavy atom. The lowest BCUT2D eigenvalue weighted by molar-refractivity contribution is 0.251. The normalized spacial score (nSPS) is 16.7. The number of unbranched alkanes of at least 4 members (excludes halogenated alkanes) is 3. The molecule has 114 valence electrons. The van der Waals surface area contributed by atoms with Crippen molar-refractivity contribution in [1.82, 2.24) is 19.9 Å². The van der Waals surface area contributed by atoms with Crippen LogP contribution in [-0.4, -0.2) is 52.6 Å². The Labute approximate surface area is 126 Å². The molecule has 1 fully saturated rings. The second-order valence-electron chi connectivity index (χ2n) is 5.84. The Kier molecular flexibility index (Phi) is 4.70. The van der Waals surface area contributed by atoms with Gasteiger partial charge in [-0.05, 0) is 19.0 Å². The number of aromatic amines is 1. The first-order chi connectivity index (χ1) is 10.4. The van der Waals surface area contributed by atoms with E-state index in [0.717, 1.165) is 43.2 Å². The molecule has 3 heterocycles. The van der Waals surface area contributed by atoms with Crippen LogP contribution in [0.4, 0.5) is 5.95 Å². The standard InChI is InChI=1S/C16H25N5/c1-2-3-4-5-8-20-9-11-21(12-10-20)16-18-13-14-6-7-17-15(14)19-16/h6-7,13H,2-5,8-12H2,1H3,(H,17,18,19). The summed E-state index contributed by atoms with van der Waals surface area (Å²) in [5, 5.41) is 1.08. The number of H-pyrrole nitrogens is 1. The van der Waals surface area contributed by atoms with Gasteiger partial charge in [-0.3, -0.25) is 4.90 Å². The van der Waals surface area contributed by atoms with Gasteiger partial charge >= 0.3 is 0 Å². The van der Waals surface area contributed by atoms with Crippen LogP contribution in [0.1, 0.15) is 32.6 Å². The molecule has 1 aliphatic rings. The quantitative estimate of drug-likeness (QED) is 0.830. The fourth-order valence-corrected chi connectivity index (χ4v) is 2.92. The summed E-state index contributed by atoms with van der Waals surface area (Å²) in [7, 11) is 0. The average Bonchev–Trinajstić information content (AvgIpc) is 3.00. The van der Waals surface area contributed by atoms with Gasteiger partial charge in [-0.1, -0.05) is 26.2 Å². The first-order valence-electron chi connectivity index (χ1n) is 8.14. The topological polar surface area (TPSA) is 48.0 Å². The highest BCUT2D eigenvalue weighted by Gasteiger charge is 2.18. The van der Waals surface area contributed by atoms with E-state index in [1.807, 2.05) is 18.5 Å². The minimum absolute atomic E-state index is 0.857. The summed E-state index contributed by atoms with van der Waals surface area (Å²) >= 11 is 0. The summed E-state index contributed by atoms with van der Waals surface area (Å²) in [5.41, 5.74) is 0.932. The summed E-state index contributed by atoms with van der Waals surface area (Å²) in [5.74, 6) is 0.857. The summed E-state index contributed by atoms with van der Waals surface area (Å²) in [4.78, 5) is 17.1. The van der Waals surface area contributed by atoms with E-state index in [4.69, 9.17) is 0 Å². The van der Waals surface area contributed by atoms with Crippen LogP contribution in [0.3, 0.4) is 0 Å². The van der Waals surface area contributed by atoms with Crippen LogP contribution in [0.2, 0.25) is 0 Å². The second kappa shape index (κ2) is 6.89. The van der Waals surface area contributed by atoms with Gasteiger partial charge in [0, 0.05) is 44.0 Å². The number of aromatic nitrogens is 3. The zero-order chi connectivity index (χ0) is 14.5. The Morgan fingerprint density at radius 1 is 1.14 bits per heavy atom. The van der Waals surface area contributed by atoms with Crippen LogP contribution < -0.4 is 4.90 Å². The monoisotopic (exact) mass is 287 g/mol. The summed E-state index contributed by atoms with van der Waals surface area (Å²) in [6, 6.07) is 2.01. The lowest BCUT2D eigenvalue weighted by Crippen LogP contribution is -2.47. The van der Waals surface area contributed by atoms with E-state index < -0.39 is 0 Å². The highest BCUT2D eigenvalue weighted by Crippen LogP contribution is 2.15. The Balaban J connectivity index is 1.50. The predicted octanol–water partition coefficient (Wildman–Crippen LogP) is 2.66. The van der Waals surface area contributed by atoms with E-state index in [9.17, 15) is 0 Å². The molecule has 0 saturated carbocycles. The largest absolute Gasteiger partial charge is 0.346 e. The first-order valence-corrected chi connectivity index (χ1v) is 8.14. The van der Waals surface area contributed by atoms with Crippen molar-refractivity contribution in [2.75, 3.05) is 37.6 Å². The fourth-order valence-electron chi connectivity index (χ4n) is 2.92. The van der Waals surface area contributed by atoms with Crippen molar-refractivity contribution in [3.05, 3.63) is 18.5 Å². The van der Waals surface area contributed by atoms with E-state index in [1.165, 1.54) is 32.2 Å². The molecule has 1 N–H and O–H groups in total. The maximum absolute atomic E-state index is 4.61. The van der Waals surface area contributed by atoms with Gasteiger partial charge in [0.05, 0.1) is 0 Å². The molecule has 2 aromatic rings. The van der Waals surface area contributed by atoms with Crippen LogP contribution in [0.15, 0.2) is 18.5 Å². The van der Waals surface area contributed by atoms with Gasteiger partial charge in [-0.25, -0.2) is 4.98 Å². The predicted molar refractivity (Wildman–Crippen MR) is 86.7 cm³/mol. The molecule has 0 aromatic carbocycles. The highest BCUT2D eigenvalue weighted by atomic mass is 15.3. The Hall–Kier alpha value is -1.62. The molecule has 0 bridgehead atoms. The maximum atomic E-state index is 4.61. The second-order valence-corrected chi connectivity index (χ2v) is 5.84. The van der Waals surface area contributed by atoms with Crippen molar-refractivity contribution < 1.29 is 0 Å². The van der Waals surface area contributed by atoms with Crippen LogP contribution in [-0.2, 0) is 0 Å². The molecule has 5 nitrogen and oxygen atoms in total. The van der Waals surface area contributed by atoms with Gasteiger partial charge < -0.3 is 9.88 Å². The van der Waals surface area contributed by atoms with Gasteiger partial charge in [0.1, 0.15) is 5.65 Å². The van der Waals surface area contributed by atoms with Crippen molar-refractivity contribution in [2.24, 2.45) is 0 Å². The van der Waals surface area contributed by atoms with E-state index in [1.54, 1.807) is 0 Å². The third-order valence-electron chi connectivity index (χ3n) is 4.27. The molecule has 0 amide bonds. The lowest BCUT2D eigenvalue weighted by Gasteiger charge is -2.34.